The molecule has 1 rings (SSSR count). The van der Waals surface area contributed by atoms with Crippen molar-refractivity contribution in [1.82, 2.24) is 4.98 Å². The maximum absolute atomic E-state index is 12.6. The monoisotopic (exact) mass is 235 g/mol. The van der Waals surface area contributed by atoms with E-state index in [9.17, 15) is 13.6 Å². The molecular formula is C9H8ClF2NO2. The molecule has 0 bridgehead atoms. The Morgan fingerprint density at radius 3 is 2.73 bits per heavy atom. The van der Waals surface area contributed by atoms with Crippen LogP contribution < -0.4 is 0 Å². The van der Waals surface area contributed by atoms with Crippen LogP contribution in [0.4, 0.5) is 8.78 Å². The van der Waals surface area contributed by atoms with Gasteiger partial charge in [0.2, 0.25) is 0 Å². The SMILES string of the molecule is Cc1cc(C(F)F)c(CC(=O)O)c(Cl)n1. The summed E-state index contributed by atoms with van der Waals surface area (Å²) < 4.78 is 25.1. The first-order valence-corrected chi connectivity index (χ1v) is 4.45. The number of nitrogens with zero attached hydrogens (tertiary/aromatic N) is 1. The Balaban J connectivity index is 3.26. The van der Waals surface area contributed by atoms with E-state index in [4.69, 9.17) is 16.7 Å². The van der Waals surface area contributed by atoms with Crippen molar-refractivity contribution < 1.29 is 18.7 Å². The molecule has 1 heterocycles. The number of carboxylic acid groups (broad SMARTS) is 1. The van der Waals surface area contributed by atoms with Crippen LogP contribution in [0.15, 0.2) is 6.07 Å². The number of aromatic nitrogens is 1. The fraction of sp³-hybridized carbons (Fsp3) is 0.333. The lowest BCUT2D eigenvalue weighted by Crippen LogP contribution is -2.06. The van der Waals surface area contributed by atoms with Crippen molar-refractivity contribution >= 4 is 17.6 Å². The Bertz CT molecular complexity index is 396. The smallest absolute Gasteiger partial charge is 0.307 e. The molecule has 0 amide bonds. The van der Waals surface area contributed by atoms with Gasteiger partial charge in [0.25, 0.3) is 6.43 Å². The summed E-state index contributed by atoms with van der Waals surface area (Å²) in [7, 11) is 0. The van der Waals surface area contributed by atoms with Gasteiger partial charge in [-0.25, -0.2) is 13.8 Å². The number of hydrogen-bond donors (Lipinski definition) is 1. The topological polar surface area (TPSA) is 50.2 Å². The van der Waals surface area contributed by atoms with Crippen molar-refractivity contribution in [2.24, 2.45) is 0 Å². The normalized spacial score (nSPS) is 10.7. The molecule has 0 spiro atoms. The molecule has 0 saturated heterocycles. The Morgan fingerprint density at radius 1 is 1.67 bits per heavy atom. The molecule has 0 fully saturated rings. The highest BCUT2D eigenvalue weighted by Crippen LogP contribution is 2.28. The van der Waals surface area contributed by atoms with Gasteiger partial charge in [0.1, 0.15) is 5.15 Å². The van der Waals surface area contributed by atoms with Gasteiger partial charge in [-0.3, -0.25) is 4.79 Å². The molecule has 0 saturated carbocycles. The van der Waals surface area contributed by atoms with Crippen molar-refractivity contribution in [2.45, 2.75) is 19.8 Å². The highest BCUT2D eigenvalue weighted by atomic mass is 35.5. The van der Waals surface area contributed by atoms with Crippen LogP contribution in [0.2, 0.25) is 5.15 Å². The maximum atomic E-state index is 12.6. The first-order chi connectivity index (χ1) is 6.91. The molecule has 82 valence electrons. The molecule has 1 N–H and O–H groups in total. The summed E-state index contributed by atoms with van der Waals surface area (Å²) in [4.78, 5) is 14.2. The summed E-state index contributed by atoms with van der Waals surface area (Å²) in [6.07, 6.45) is -3.30. The van der Waals surface area contributed by atoms with E-state index < -0.39 is 18.8 Å². The molecule has 1 aromatic rings. The van der Waals surface area contributed by atoms with Crippen LogP contribution in [0.5, 0.6) is 0 Å². The minimum atomic E-state index is -2.75. The van der Waals surface area contributed by atoms with Gasteiger partial charge in [-0.05, 0) is 13.0 Å². The number of hydrogen-bond acceptors (Lipinski definition) is 2. The molecule has 0 unspecified atom stereocenters. The van der Waals surface area contributed by atoms with Gasteiger partial charge in [-0.1, -0.05) is 11.6 Å². The molecule has 15 heavy (non-hydrogen) atoms. The number of alkyl halides is 2. The third-order valence-corrected chi connectivity index (χ3v) is 2.11. The Morgan fingerprint density at radius 2 is 2.27 bits per heavy atom. The van der Waals surface area contributed by atoms with Gasteiger partial charge >= 0.3 is 5.97 Å². The number of rotatable bonds is 3. The molecule has 0 aliphatic rings. The highest BCUT2D eigenvalue weighted by molar-refractivity contribution is 6.30. The zero-order chi connectivity index (χ0) is 11.6. The molecule has 1 aromatic heterocycles. The largest absolute Gasteiger partial charge is 0.481 e. The number of aliphatic carboxylic acids is 1. The van der Waals surface area contributed by atoms with Crippen molar-refractivity contribution in [1.29, 1.82) is 0 Å². The van der Waals surface area contributed by atoms with Gasteiger partial charge in [-0.15, -0.1) is 0 Å². The predicted molar refractivity (Wildman–Crippen MR) is 50.3 cm³/mol. The van der Waals surface area contributed by atoms with Gasteiger partial charge < -0.3 is 5.11 Å². The molecule has 6 heteroatoms. The first-order valence-electron chi connectivity index (χ1n) is 4.07. The Labute approximate surface area is 89.7 Å². The molecule has 0 atom stereocenters. The molecule has 0 aliphatic carbocycles. The summed E-state index contributed by atoms with van der Waals surface area (Å²) in [5.41, 5.74) is -0.149. The van der Waals surface area contributed by atoms with Crippen LogP contribution >= 0.6 is 11.6 Å². The van der Waals surface area contributed by atoms with E-state index in [-0.39, 0.29) is 16.3 Å². The van der Waals surface area contributed by atoms with Crippen molar-refractivity contribution in [3.05, 3.63) is 28.0 Å². The molecule has 0 aliphatic heterocycles. The van der Waals surface area contributed by atoms with Gasteiger partial charge in [0.05, 0.1) is 6.42 Å². The molecule has 3 nitrogen and oxygen atoms in total. The Hall–Kier alpha value is -1.23. The minimum Gasteiger partial charge on any atom is -0.481 e. The van der Waals surface area contributed by atoms with E-state index in [1.165, 1.54) is 6.92 Å². The summed E-state index contributed by atoms with van der Waals surface area (Å²) in [5, 5.41) is 8.36. The van der Waals surface area contributed by atoms with Gasteiger partial charge in [0.15, 0.2) is 0 Å². The lowest BCUT2D eigenvalue weighted by atomic mass is 10.1. The van der Waals surface area contributed by atoms with Crippen LogP contribution in [0.3, 0.4) is 0 Å². The van der Waals surface area contributed by atoms with E-state index in [1.807, 2.05) is 0 Å². The molecule has 0 aromatic carbocycles. The lowest BCUT2D eigenvalue weighted by molar-refractivity contribution is -0.136. The van der Waals surface area contributed by atoms with Crippen LogP contribution in [-0.4, -0.2) is 16.1 Å². The fourth-order valence-corrected chi connectivity index (χ4v) is 1.52. The number of halogens is 3. The molecule has 0 radical (unpaired) electrons. The van der Waals surface area contributed by atoms with Crippen LogP contribution in [0.1, 0.15) is 23.2 Å². The van der Waals surface area contributed by atoms with E-state index in [0.717, 1.165) is 6.07 Å². The van der Waals surface area contributed by atoms with Crippen molar-refractivity contribution in [3.63, 3.8) is 0 Å². The second-order valence-electron chi connectivity index (χ2n) is 2.99. The van der Waals surface area contributed by atoms with Gasteiger partial charge in [-0.2, -0.15) is 0 Å². The van der Waals surface area contributed by atoms with Crippen molar-refractivity contribution in [2.75, 3.05) is 0 Å². The molecular weight excluding hydrogens is 228 g/mol. The predicted octanol–water partition coefficient (Wildman–Crippen LogP) is 2.61. The zero-order valence-corrected chi connectivity index (χ0v) is 8.55. The quantitative estimate of drug-likeness (QED) is 0.820. The van der Waals surface area contributed by atoms with Crippen molar-refractivity contribution in [3.8, 4) is 0 Å². The van der Waals surface area contributed by atoms with E-state index >= 15 is 0 Å². The highest BCUT2D eigenvalue weighted by Gasteiger charge is 2.19. The summed E-state index contributed by atoms with van der Waals surface area (Å²) in [6.45, 7) is 1.52. The standard InChI is InChI=1S/C9H8ClF2NO2/c1-4-2-6(9(11)12)5(3-7(14)15)8(10)13-4/h2,9H,3H2,1H3,(H,14,15). The van der Waals surface area contributed by atoms with Crippen LogP contribution in [0, 0.1) is 6.92 Å². The second kappa shape index (κ2) is 4.53. The average molecular weight is 236 g/mol. The average Bonchev–Trinajstić information content (AvgIpc) is 2.08. The third-order valence-electron chi connectivity index (χ3n) is 1.80. The summed E-state index contributed by atoms with van der Waals surface area (Å²) >= 11 is 5.62. The van der Waals surface area contributed by atoms with E-state index in [0.29, 0.717) is 5.69 Å². The van der Waals surface area contributed by atoms with E-state index in [1.54, 1.807) is 0 Å². The van der Waals surface area contributed by atoms with Crippen LogP contribution in [-0.2, 0) is 11.2 Å². The zero-order valence-electron chi connectivity index (χ0n) is 7.80. The number of carbonyl (C=O) groups is 1. The second-order valence-corrected chi connectivity index (χ2v) is 3.35. The van der Waals surface area contributed by atoms with E-state index in [2.05, 4.69) is 4.98 Å². The number of pyridine rings is 1. The number of carboxylic acids is 1. The minimum absolute atomic E-state index is 0.121. The first kappa shape index (κ1) is 11.8. The number of aryl methyl sites for hydroxylation is 1. The van der Waals surface area contributed by atoms with Crippen LogP contribution in [0.25, 0.3) is 0 Å². The fourth-order valence-electron chi connectivity index (χ4n) is 1.21. The summed E-state index contributed by atoms with van der Waals surface area (Å²) in [5.74, 6) is -1.22. The van der Waals surface area contributed by atoms with Gasteiger partial charge in [0, 0.05) is 16.8 Å². The summed E-state index contributed by atoms with van der Waals surface area (Å²) in [6, 6.07) is 1.15. The third kappa shape index (κ3) is 2.86. The Kier molecular flexibility index (Phi) is 3.57. The lowest BCUT2D eigenvalue weighted by Gasteiger charge is -2.09. The maximum Gasteiger partial charge on any atom is 0.307 e.